The fraction of sp³-hybridized carbons (Fsp3) is 0. The number of anilines is 2. The highest BCUT2D eigenvalue weighted by Crippen LogP contribution is 2.20. The molecule has 1 aromatic heterocycles. The minimum atomic E-state index is -0.327. The van der Waals surface area contributed by atoms with Crippen LogP contribution in [0.5, 0.6) is 0 Å². The van der Waals surface area contributed by atoms with Crippen molar-refractivity contribution in [2.24, 2.45) is 0 Å². The molecule has 0 aliphatic heterocycles. The second-order valence-electron chi connectivity index (χ2n) is 3.30. The number of H-pyrrole nitrogens is 1. The molecule has 0 aliphatic carbocycles. The number of hydrogen-bond acceptors (Lipinski definition) is 3. The van der Waals surface area contributed by atoms with Crippen molar-refractivity contribution in [1.29, 1.82) is 0 Å². The summed E-state index contributed by atoms with van der Waals surface area (Å²) in [7, 11) is 0. The summed E-state index contributed by atoms with van der Waals surface area (Å²) in [5.74, 6) is 0.248. The van der Waals surface area contributed by atoms with Crippen LogP contribution in [0.1, 0.15) is 0 Å². The van der Waals surface area contributed by atoms with Gasteiger partial charge in [0.15, 0.2) is 5.11 Å². The number of benzene rings is 1. The summed E-state index contributed by atoms with van der Waals surface area (Å²) in [5.41, 5.74) is 5.75. The van der Waals surface area contributed by atoms with E-state index in [2.05, 4.69) is 10.4 Å². The summed E-state index contributed by atoms with van der Waals surface area (Å²) in [5, 5.41) is 6.17. The second kappa shape index (κ2) is 4.60. The topological polar surface area (TPSA) is 75.8 Å². The van der Waals surface area contributed by atoms with Gasteiger partial charge in [0.1, 0.15) is 5.82 Å². The number of halogens is 1. The zero-order chi connectivity index (χ0) is 12.4. The van der Waals surface area contributed by atoms with Gasteiger partial charge >= 0.3 is 0 Å². The van der Waals surface area contributed by atoms with Gasteiger partial charge in [0.05, 0.1) is 10.7 Å². The Balaban J connectivity index is 2.26. The molecule has 0 unspecified atom stereocenters. The van der Waals surface area contributed by atoms with E-state index in [0.29, 0.717) is 10.7 Å². The molecular weight excluding hydrogens is 260 g/mol. The highest BCUT2D eigenvalue weighted by atomic mass is 35.5. The zero-order valence-electron chi connectivity index (χ0n) is 8.61. The van der Waals surface area contributed by atoms with Crippen LogP contribution in [0.3, 0.4) is 0 Å². The van der Waals surface area contributed by atoms with Gasteiger partial charge in [-0.15, -0.1) is 0 Å². The van der Waals surface area contributed by atoms with Crippen molar-refractivity contribution in [3.63, 3.8) is 0 Å². The molecular formula is C10H9ClN4OS. The average molecular weight is 269 g/mol. The summed E-state index contributed by atoms with van der Waals surface area (Å²) < 4.78 is 1.13. The van der Waals surface area contributed by atoms with Crippen molar-refractivity contribution >= 4 is 40.4 Å². The van der Waals surface area contributed by atoms with E-state index < -0.39 is 0 Å². The first-order valence-electron chi connectivity index (χ1n) is 4.71. The van der Waals surface area contributed by atoms with E-state index >= 15 is 0 Å². The normalized spacial score (nSPS) is 10.2. The van der Waals surface area contributed by atoms with Crippen molar-refractivity contribution in [2.75, 3.05) is 11.1 Å². The molecule has 0 radical (unpaired) electrons. The maximum absolute atomic E-state index is 11.4. The van der Waals surface area contributed by atoms with Crippen LogP contribution >= 0.6 is 23.8 Å². The minimum absolute atomic E-state index is 0.180. The number of nitrogens with zero attached hydrogens (tertiary/aromatic N) is 1. The number of aromatic nitrogens is 2. The van der Waals surface area contributed by atoms with E-state index in [1.54, 1.807) is 18.2 Å². The predicted octanol–water partition coefficient (Wildman–Crippen LogP) is 1.66. The Morgan fingerprint density at radius 3 is 2.76 bits per heavy atom. The SMILES string of the molecule is Nc1cc(=O)n(C(=S)Nc2ccccc2Cl)[nH]1. The molecule has 0 atom stereocenters. The molecule has 0 saturated heterocycles. The molecule has 0 amide bonds. The molecule has 4 N–H and O–H groups in total. The smallest absolute Gasteiger partial charge is 0.275 e. The first-order chi connectivity index (χ1) is 8.08. The van der Waals surface area contributed by atoms with Gasteiger partial charge in [-0.25, -0.2) is 0 Å². The number of nitrogens with one attached hydrogen (secondary N) is 2. The fourth-order valence-corrected chi connectivity index (χ4v) is 1.73. The lowest BCUT2D eigenvalue weighted by atomic mass is 10.3. The summed E-state index contributed by atoms with van der Waals surface area (Å²) in [4.78, 5) is 11.4. The summed E-state index contributed by atoms with van der Waals surface area (Å²) in [6.07, 6.45) is 0. The lowest BCUT2D eigenvalue weighted by Gasteiger charge is -2.08. The molecule has 0 saturated carbocycles. The van der Waals surface area contributed by atoms with Crippen LogP contribution in [-0.2, 0) is 0 Å². The molecule has 7 heteroatoms. The first kappa shape index (κ1) is 11.7. The number of nitrogens with two attached hydrogens (primary N) is 1. The van der Waals surface area contributed by atoms with Gasteiger partial charge < -0.3 is 11.1 Å². The number of para-hydroxylation sites is 1. The molecule has 0 bridgehead atoms. The zero-order valence-corrected chi connectivity index (χ0v) is 10.2. The van der Waals surface area contributed by atoms with E-state index in [1.165, 1.54) is 6.07 Å². The van der Waals surface area contributed by atoms with Crippen LogP contribution < -0.4 is 16.6 Å². The molecule has 1 heterocycles. The predicted molar refractivity (Wildman–Crippen MR) is 72.5 cm³/mol. The van der Waals surface area contributed by atoms with Crippen LogP contribution in [0.25, 0.3) is 0 Å². The maximum atomic E-state index is 11.4. The Hall–Kier alpha value is -1.79. The Labute approximate surface area is 107 Å². The van der Waals surface area contributed by atoms with Gasteiger partial charge in [-0.3, -0.25) is 9.89 Å². The first-order valence-corrected chi connectivity index (χ1v) is 5.50. The standard InChI is InChI=1S/C10H9ClN4OS/c11-6-3-1-2-4-7(6)13-10(17)15-9(16)5-8(12)14-15/h1-5,14H,12H2,(H,13,17). The Morgan fingerprint density at radius 1 is 1.47 bits per heavy atom. The lowest BCUT2D eigenvalue weighted by molar-refractivity contribution is 0.919. The Morgan fingerprint density at radius 2 is 2.18 bits per heavy atom. The van der Waals surface area contributed by atoms with Crippen molar-refractivity contribution in [2.45, 2.75) is 0 Å². The highest BCUT2D eigenvalue weighted by molar-refractivity contribution is 7.80. The third kappa shape index (κ3) is 2.48. The van der Waals surface area contributed by atoms with Gasteiger partial charge in [0, 0.05) is 6.07 Å². The van der Waals surface area contributed by atoms with E-state index in [4.69, 9.17) is 29.6 Å². The molecule has 2 rings (SSSR count). The van der Waals surface area contributed by atoms with Crippen molar-refractivity contribution < 1.29 is 0 Å². The van der Waals surface area contributed by atoms with Crippen LogP contribution in [0, 0.1) is 0 Å². The Bertz CT molecular complexity index is 619. The Kier molecular flexibility index (Phi) is 3.16. The molecule has 2 aromatic rings. The monoisotopic (exact) mass is 268 g/mol. The van der Waals surface area contributed by atoms with Crippen molar-refractivity contribution in [3.05, 3.63) is 45.7 Å². The third-order valence-corrected chi connectivity index (χ3v) is 2.67. The number of rotatable bonds is 1. The molecule has 1 aromatic carbocycles. The van der Waals surface area contributed by atoms with E-state index in [9.17, 15) is 4.79 Å². The van der Waals surface area contributed by atoms with Gasteiger partial charge in [-0.1, -0.05) is 23.7 Å². The summed E-state index contributed by atoms with van der Waals surface area (Å²) >= 11 is 11.0. The minimum Gasteiger partial charge on any atom is -0.384 e. The van der Waals surface area contributed by atoms with Gasteiger partial charge in [0.2, 0.25) is 0 Å². The van der Waals surface area contributed by atoms with Crippen molar-refractivity contribution in [3.8, 4) is 0 Å². The van der Waals surface area contributed by atoms with Crippen LogP contribution in [-0.4, -0.2) is 14.9 Å². The average Bonchev–Trinajstić information content (AvgIpc) is 2.61. The van der Waals surface area contributed by atoms with E-state index in [0.717, 1.165) is 4.68 Å². The largest absolute Gasteiger partial charge is 0.384 e. The number of aromatic amines is 1. The number of hydrogen-bond donors (Lipinski definition) is 3. The molecule has 88 valence electrons. The lowest BCUT2D eigenvalue weighted by Crippen LogP contribution is -2.29. The number of nitrogen functional groups attached to an aromatic ring is 1. The summed E-state index contributed by atoms with van der Waals surface area (Å²) in [6, 6.07) is 8.34. The van der Waals surface area contributed by atoms with Gasteiger partial charge in [-0.2, -0.15) is 4.68 Å². The maximum Gasteiger partial charge on any atom is 0.275 e. The molecule has 0 aliphatic rings. The number of thiocarbonyl (C=S) groups is 1. The molecule has 5 nitrogen and oxygen atoms in total. The summed E-state index contributed by atoms with van der Waals surface area (Å²) in [6.45, 7) is 0. The third-order valence-electron chi connectivity index (χ3n) is 2.06. The fourth-order valence-electron chi connectivity index (χ4n) is 1.30. The van der Waals surface area contributed by atoms with Crippen molar-refractivity contribution in [1.82, 2.24) is 9.78 Å². The second-order valence-corrected chi connectivity index (χ2v) is 4.09. The van der Waals surface area contributed by atoms with E-state index in [-0.39, 0.29) is 16.5 Å². The highest BCUT2D eigenvalue weighted by Gasteiger charge is 2.07. The van der Waals surface area contributed by atoms with Crippen LogP contribution in [0.15, 0.2) is 35.1 Å². The van der Waals surface area contributed by atoms with Crippen LogP contribution in [0.4, 0.5) is 11.5 Å². The molecule has 0 spiro atoms. The van der Waals surface area contributed by atoms with Gasteiger partial charge in [0.25, 0.3) is 5.56 Å². The van der Waals surface area contributed by atoms with E-state index in [1.807, 2.05) is 6.07 Å². The quantitative estimate of drug-likeness (QED) is 0.688. The molecule has 17 heavy (non-hydrogen) atoms. The molecule has 0 fully saturated rings. The van der Waals surface area contributed by atoms with Gasteiger partial charge in [-0.05, 0) is 24.4 Å². The van der Waals surface area contributed by atoms with Crippen LogP contribution in [0.2, 0.25) is 5.02 Å².